The number of aromatic hydroxyl groups is 1. The maximum atomic E-state index is 13.9. The predicted molar refractivity (Wildman–Crippen MR) is 143 cm³/mol. The number of hydrogen-bond donors (Lipinski definition) is 2. The Bertz CT molecular complexity index is 944. The summed E-state index contributed by atoms with van der Waals surface area (Å²) in [7, 11) is 0. The molecule has 1 saturated carbocycles. The Morgan fingerprint density at radius 2 is 1.68 bits per heavy atom. The first kappa shape index (κ1) is 26.4. The van der Waals surface area contributed by atoms with Crippen molar-refractivity contribution in [2.24, 2.45) is 5.41 Å². The minimum Gasteiger partial charge on any atom is -0.508 e. The fourth-order valence-corrected chi connectivity index (χ4v) is 5.59. The van der Waals surface area contributed by atoms with E-state index in [1.54, 1.807) is 12.1 Å². The number of ether oxygens (including phenoxy) is 1. The van der Waals surface area contributed by atoms with Gasteiger partial charge in [-0.3, -0.25) is 4.79 Å². The maximum Gasteiger partial charge on any atom is 0.312 e. The molecule has 0 heterocycles. The molecule has 2 aromatic rings. The molecular formula is C30H40O3S. The van der Waals surface area contributed by atoms with E-state index in [9.17, 15) is 9.90 Å². The van der Waals surface area contributed by atoms with Gasteiger partial charge in [0.2, 0.25) is 0 Å². The highest BCUT2D eigenvalue weighted by Crippen LogP contribution is 2.44. The van der Waals surface area contributed by atoms with Gasteiger partial charge in [0.25, 0.3) is 0 Å². The van der Waals surface area contributed by atoms with Gasteiger partial charge in [-0.2, -0.15) is 0 Å². The maximum absolute atomic E-state index is 13.9. The number of thiol groups is 1. The van der Waals surface area contributed by atoms with Crippen molar-refractivity contribution in [1.29, 1.82) is 0 Å². The molecule has 3 unspecified atom stereocenters. The molecule has 3 rings (SSSR count). The summed E-state index contributed by atoms with van der Waals surface area (Å²) in [5.74, 6) is 0.511. The molecule has 4 heteroatoms. The highest BCUT2D eigenvalue weighted by Gasteiger charge is 2.43. The Balaban J connectivity index is 1.90. The number of esters is 1. The van der Waals surface area contributed by atoms with Crippen LogP contribution >= 0.6 is 12.6 Å². The zero-order valence-corrected chi connectivity index (χ0v) is 21.8. The molecular weight excluding hydrogens is 440 g/mol. The summed E-state index contributed by atoms with van der Waals surface area (Å²) in [6.45, 7) is 10.4. The highest BCUT2D eigenvalue weighted by atomic mass is 32.1. The van der Waals surface area contributed by atoms with E-state index in [0.29, 0.717) is 12.8 Å². The molecule has 0 spiro atoms. The van der Waals surface area contributed by atoms with Crippen molar-refractivity contribution >= 4 is 18.6 Å². The summed E-state index contributed by atoms with van der Waals surface area (Å²) in [6, 6.07) is 15.6. The van der Waals surface area contributed by atoms with E-state index in [2.05, 4.69) is 52.1 Å². The fourth-order valence-electron chi connectivity index (χ4n) is 5.44. The van der Waals surface area contributed by atoms with Gasteiger partial charge in [-0.25, -0.2) is 0 Å². The molecule has 3 nitrogen and oxygen atoms in total. The molecule has 0 aromatic heterocycles. The van der Waals surface area contributed by atoms with Gasteiger partial charge in [0, 0.05) is 4.90 Å². The lowest BCUT2D eigenvalue weighted by Crippen LogP contribution is -2.42. The molecule has 0 amide bonds. The van der Waals surface area contributed by atoms with E-state index in [1.165, 1.54) is 12.0 Å². The smallest absolute Gasteiger partial charge is 0.312 e. The van der Waals surface area contributed by atoms with Crippen LogP contribution in [0.15, 0.2) is 66.1 Å². The molecule has 2 aromatic carbocycles. The van der Waals surface area contributed by atoms with E-state index < -0.39 is 11.0 Å². The molecule has 0 radical (unpaired) electrons. The van der Waals surface area contributed by atoms with Gasteiger partial charge in [-0.05, 0) is 105 Å². The number of carbonyl (C=O) groups excluding carboxylic acids is 1. The molecule has 0 saturated heterocycles. The molecule has 1 N–H and O–H groups in total. The van der Waals surface area contributed by atoms with Crippen LogP contribution in [0.25, 0.3) is 0 Å². The molecule has 1 fully saturated rings. The van der Waals surface area contributed by atoms with Gasteiger partial charge >= 0.3 is 5.97 Å². The van der Waals surface area contributed by atoms with Crippen molar-refractivity contribution in [3.05, 3.63) is 72.3 Å². The third-order valence-corrected chi connectivity index (χ3v) is 7.93. The second kappa shape index (κ2) is 11.5. The van der Waals surface area contributed by atoms with E-state index in [-0.39, 0.29) is 23.6 Å². The van der Waals surface area contributed by atoms with E-state index in [0.717, 1.165) is 42.6 Å². The third-order valence-electron chi connectivity index (χ3n) is 7.63. The molecule has 3 atom stereocenters. The fraction of sp³-hybridized carbons (Fsp3) is 0.500. The first-order valence-electron chi connectivity index (χ1n) is 12.7. The highest BCUT2D eigenvalue weighted by molar-refractivity contribution is 7.80. The van der Waals surface area contributed by atoms with Crippen LogP contribution in [0.3, 0.4) is 0 Å². The normalized spacial score (nSPS) is 18.9. The third kappa shape index (κ3) is 6.47. The van der Waals surface area contributed by atoms with Crippen molar-refractivity contribution in [2.45, 2.75) is 94.5 Å². The van der Waals surface area contributed by atoms with Gasteiger partial charge in [-0.15, -0.1) is 12.6 Å². The second-order valence-corrected chi connectivity index (χ2v) is 10.9. The number of benzene rings is 2. The average Bonchev–Trinajstić information content (AvgIpc) is 2.84. The first-order valence-corrected chi connectivity index (χ1v) is 13.1. The number of hydrogen-bond acceptors (Lipinski definition) is 4. The van der Waals surface area contributed by atoms with Crippen LogP contribution in [0.5, 0.6) is 5.75 Å². The topological polar surface area (TPSA) is 46.5 Å². The van der Waals surface area contributed by atoms with Gasteiger partial charge in [0.15, 0.2) is 0 Å². The Kier molecular flexibility index (Phi) is 8.92. The summed E-state index contributed by atoms with van der Waals surface area (Å²) >= 11 is 4.43. The predicted octanol–water partition coefficient (Wildman–Crippen LogP) is 8.20. The largest absolute Gasteiger partial charge is 0.508 e. The van der Waals surface area contributed by atoms with Gasteiger partial charge in [0.1, 0.15) is 11.4 Å². The van der Waals surface area contributed by atoms with Crippen LogP contribution in [0.2, 0.25) is 0 Å². The summed E-state index contributed by atoms with van der Waals surface area (Å²) in [5, 5.41) is 9.70. The van der Waals surface area contributed by atoms with Crippen LogP contribution in [0, 0.1) is 5.41 Å². The van der Waals surface area contributed by atoms with Crippen molar-refractivity contribution in [3.8, 4) is 5.75 Å². The van der Waals surface area contributed by atoms with Crippen molar-refractivity contribution in [2.75, 3.05) is 0 Å². The Morgan fingerprint density at radius 3 is 2.24 bits per heavy atom. The zero-order valence-electron chi connectivity index (χ0n) is 20.9. The van der Waals surface area contributed by atoms with Gasteiger partial charge < -0.3 is 9.84 Å². The summed E-state index contributed by atoms with van der Waals surface area (Å²) in [5.41, 5.74) is 1.13. The SMILES string of the molecule is C=CC1(OC(=O)C(C)(CC(C)c2ccc(O)cc2)CC(CC)c2ccc(S)cc2)CCCCC1. The lowest BCUT2D eigenvalue weighted by Gasteiger charge is -2.40. The van der Waals surface area contributed by atoms with Gasteiger partial charge in [0.05, 0.1) is 5.41 Å². The zero-order chi connectivity index (χ0) is 24.8. The van der Waals surface area contributed by atoms with Crippen LogP contribution in [-0.2, 0) is 9.53 Å². The van der Waals surface area contributed by atoms with E-state index in [1.807, 2.05) is 30.3 Å². The van der Waals surface area contributed by atoms with Crippen LogP contribution < -0.4 is 0 Å². The Morgan fingerprint density at radius 1 is 1.09 bits per heavy atom. The van der Waals surface area contributed by atoms with Crippen LogP contribution in [-0.4, -0.2) is 16.7 Å². The quantitative estimate of drug-likeness (QED) is 0.205. The van der Waals surface area contributed by atoms with Crippen molar-refractivity contribution in [3.63, 3.8) is 0 Å². The first-order chi connectivity index (χ1) is 16.2. The summed E-state index contributed by atoms with van der Waals surface area (Å²) in [4.78, 5) is 14.9. The van der Waals surface area contributed by atoms with Crippen LogP contribution in [0.1, 0.15) is 95.1 Å². The lowest BCUT2D eigenvalue weighted by atomic mass is 9.71. The minimum atomic E-state index is -0.662. The minimum absolute atomic E-state index is 0.121. The molecule has 0 aliphatic heterocycles. The standard InChI is InChI=1S/C30H40O3S/c1-5-23(25-12-16-27(34)17-13-25)21-29(4,20-22(3)24-10-14-26(31)15-11-24)28(32)33-30(6-2)18-8-7-9-19-30/h6,10-17,22-23,31,34H,2,5,7-9,18-21H2,1,3-4H3. The summed E-state index contributed by atoms with van der Waals surface area (Å²) in [6.07, 6.45) is 9.20. The number of carbonyl (C=O) groups is 1. The Hall–Kier alpha value is -2.20. The molecule has 0 bridgehead atoms. The monoisotopic (exact) mass is 480 g/mol. The van der Waals surface area contributed by atoms with E-state index in [4.69, 9.17) is 4.74 Å². The van der Waals surface area contributed by atoms with Crippen molar-refractivity contribution < 1.29 is 14.6 Å². The number of phenols is 1. The molecule has 34 heavy (non-hydrogen) atoms. The number of phenolic OH excluding ortho intramolecular Hbond substituents is 1. The van der Waals surface area contributed by atoms with Crippen molar-refractivity contribution in [1.82, 2.24) is 0 Å². The van der Waals surface area contributed by atoms with E-state index >= 15 is 0 Å². The van der Waals surface area contributed by atoms with Gasteiger partial charge in [-0.1, -0.05) is 51.1 Å². The lowest BCUT2D eigenvalue weighted by molar-refractivity contribution is -0.171. The molecule has 184 valence electrons. The van der Waals surface area contributed by atoms with Crippen LogP contribution in [0.4, 0.5) is 0 Å². The average molecular weight is 481 g/mol. The Labute approximate surface area is 211 Å². The molecule has 1 aliphatic rings. The molecule has 1 aliphatic carbocycles. The summed E-state index contributed by atoms with van der Waals surface area (Å²) < 4.78 is 6.34. The number of rotatable bonds is 10. The second-order valence-electron chi connectivity index (χ2n) is 10.4.